The van der Waals surface area contributed by atoms with Crippen molar-refractivity contribution in [2.45, 2.75) is 64.2 Å². The molecule has 23 heavy (non-hydrogen) atoms. The lowest BCUT2D eigenvalue weighted by Crippen LogP contribution is -2.40. The second kappa shape index (κ2) is 6.11. The molecule has 1 aliphatic carbocycles. The van der Waals surface area contributed by atoms with E-state index in [0.717, 1.165) is 29.8 Å². The highest BCUT2D eigenvalue weighted by Gasteiger charge is 2.34. The van der Waals surface area contributed by atoms with Crippen LogP contribution in [0.5, 0.6) is 0 Å². The molecular weight excluding hydrogens is 310 g/mol. The Morgan fingerprint density at radius 3 is 2.61 bits per heavy atom. The summed E-state index contributed by atoms with van der Waals surface area (Å²) in [5.74, 6) is 0.781. The number of aryl methyl sites for hydroxylation is 2. The molecule has 2 aromatic rings. The van der Waals surface area contributed by atoms with Crippen molar-refractivity contribution in [1.29, 1.82) is 0 Å². The van der Waals surface area contributed by atoms with E-state index in [4.69, 9.17) is 0 Å². The molecule has 0 atom stereocenters. The number of carbonyl (C=O) groups is 1. The summed E-state index contributed by atoms with van der Waals surface area (Å²) >= 11 is 1.49. The van der Waals surface area contributed by atoms with Crippen LogP contribution in [0.3, 0.4) is 0 Å². The minimum atomic E-state index is 0.181. The number of hydrogen-bond acceptors (Lipinski definition) is 5. The Kier molecular flexibility index (Phi) is 4.31. The van der Waals surface area contributed by atoms with E-state index in [1.807, 2.05) is 25.0 Å². The standard InChI is InChI=1S/C16H23N5OS/c1-9(2)20(12-6-7-12)14(22)8-13-10(3)17-15-18-16(23-5)19-21(15)11(13)4/h9,12H,6-8H2,1-5H3. The summed E-state index contributed by atoms with van der Waals surface area (Å²) in [4.78, 5) is 23.7. The molecule has 1 saturated carbocycles. The van der Waals surface area contributed by atoms with Gasteiger partial charge in [-0.25, -0.2) is 9.50 Å². The Labute approximate surface area is 140 Å². The molecule has 0 saturated heterocycles. The number of fused-ring (bicyclic) bond motifs is 1. The van der Waals surface area contributed by atoms with Gasteiger partial charge < -0.3 is 4.90 Å². The molecule has 124 valence electrons. The Hall–Kier alpha value is -1.63. The lowest BCUT2D eigenvalue weighted by Gasteiger charge is -2.27. The van der Waals surface area contributed by atoms with E-state index in [0.29, 0.717) is 23.4 Å². The van der Waals surface area contributed by atoms with Gasteiger partial charge in [-0.3, -0.25) is 4.79 Å². The van der Waals surface area contributed by atoms with Crippen LogP contribution >= 0.6 is 11.8 Å². The number of nitrogens with zero attached hydrogens (tertiary/aromatic N) is 5. The summed E-state index contributed by atoms with van der Waals surface area (Å²) in [5.41, 5.74) is 2.78. The fourth-order valence-corrected chi connectivity index (χ4v) is 3.38. The van der Waals surface area contributed by atoms with Gasteiger partial charge in [0.2, 0.25) is 11.1 Å². The van der Waals surface area contributed by atoms with Crippen molar-refractivity contribution in [1.82, 2.24) is 24.5 Å². The zero-order chi connectivity index (χ0) is 16.7. The Bertz CT molecular complexity index is 748. The van der Waals surface area contributed by atoms with Gasteiger partial charge in [0.1, 0.15) is 0 Å². The summed E-state index contributed by atoms with van der Waals surface area (Å²) in [6.07, 6.45) is 4.57. The SMILES string of the molecule is CSc1nc2nc(C)c(CC(=O)N(C(C)C)C3CC3)c(C)n2n1. The van der Waals surface area contributed by atoms with Gasteiger partial charge in [-0.1, -0.05) is 11.8 Å². The number of carbonyl (C=O) groups excluding carboxylic acids is 1. The third-order valence-electron chi connectivity index (χ3n) is 4.32. The number of aromatic nitrogens is 4. The average molecular weight is 333 g/mol. The van der Waals surface area contributed by atoms with Crippen LogP contribution in [0, 0.1) is 13.8 Å². The topological polar surface area (TPSA) is 63.4 Å². The highest BCUT2D eigenvalue weighted by atomic mass is 32.2. The van der Waals surface area contributed by atoms with Crippen LogP contribution in [0.25, 0.3) is 5.78 Å². The van der Waals surface area contributed by atoms with E-state index in [1.54, 1.807) is 4.52 Å². The number of rotatable bonds is 5. The van der Waals surface area contributed by atoms with Gasteiger partial charge in [0, 0.05) is 29.0 Å². The van der Waals surface area contributed by atoms with Crippen LogP contribution in [0.2, 0.25) is 0 Å². The fourth-order valence-electron chi connectivity index (χ4n) is 3.04. The van der Waals surface area contributed by atoms with E-state index < -0.39 is 0 Å². The summed E-state index contributed by atoms with van der Waals surface area (Å²) in [6, 6.07) is 0.663. The van der Waals surface area contributed by atoms with Crippen LogP contribution in [0.1, 0.15) is 43.6 Å². The first-order valence-electron chi connectivity index (χ1n) is 8.00. The second-order valence-corrected chi connectivity index (χ2v) is 7.15. The quantitative estimate of drug-likeness (QED) is 0.786. The Balaban J connectivity index is 1.94. The smallest absolute Gasteiger partial charge is 0.253 e. The largest absolute Gasteiger partial charge is 0.337 e. The van der Waals surface area contributed by atoms with Crippen molar-refractivity contribution in [3.8, 4) is 0 Å². The molecule has 3 rings (SSSR count). The summed E-state index contributed by atoms with van der Waals surface area (Å²) < 4.78 is 1.75. The first-order chi connectivity index (χ1) is 10.9. The molecule has 2 heterocycles. The monoisotopic (exact) mass is 333 g/mol. The van der Waals surface area contributed by atoms with Gasteiger partial charge in [-0.05, 0) is 46.8 Å². The summed E-state index contributed by atoms with van der Waals surface area (Å²) in [6.45, 7) is 8.10. The van der Waals surface area contributed by atoms with E-state index in [1.165, 1.54) is 11.8 Å². The zero-order valence-corrected chi connectivity index (χ0v) is 15.1. The van der Waals surface area contributed by atoms with Gasteiger partial charge in [-0.2, -0.15) is 4.98 Å². The van der Waals surface area contributed by atoms with Crippen LogP contribution < -0.4 is 0 Å². The lowest BCUT2D eigenvalue weighted by molar-refractivity contribution is -0.132. The van der Waals surface area contributed by atoms with Crippen LogP contribution in [0.15, 0.2) is 5.16 Å². The summed E-state index contributed by atoms with van der Waals surface area (Å²) in [7, 11) is 0. The predicted octanol–water partition coefficient (Wildman–Crippen LogP) is 2.40. The van der Waals surface area contributed by atoms with Crippen molar-refractivity contribution in [3.63, 3.8) is 0 Å². The Morgan fingerprint density at radius 2 is 2.04 bits per heavy atom. The summed E-state index contributed by atoms with van der Waals surface area (Å²) in [5, 5.41) is 5.15. The van der Waals surface area contributed by atoms with E-state index >= 15 is 0 Å². The van der Waals surface area contributed by atoms with E-state index in [-0.39, 0.29) is 11.9 Å². The highest BCUT2D eigenvalue weighted by Crippen LogP contribution is 2.29. The molecule has 6 nitrogen and oxygen atoms in total. The van der Waals surface area contributed by atoms with Crippen molar-refractivity contribution in [2.24, 2.45) is 0 Å². The molecule has 0 radical (unpaired) electrons. The number of thioether (sulfide) groups is 1. The molecule has 1 fully saturated rings. The third kappa shape index (κ3) is 3.06. The van der Waals surface area contributed by atoms with Crippen molar-refractivity contribution < 1.29 is 4.79 Å². The fraction of sp³-hybridized carbons (Fsp3) is 0.625. The van der Waals surface area contributed by atoms with E-state index in [2.05, 4.69) is 28.9 Å². The molecule has 7 heteroatoms. The molecule has 1 aliphatic rings. The van der Waals surface area contributed by atoms with Gasteiger partial charge in [0.25, 0.3) is 5.78 Å². The molecule has 0 spiro atoms. The van der Waals surface area contributed by atoms with Crippen LogP contribution in [-0.4, -0.2) is 48.7 Å². The predicted molar refractivity (Wildman–Crippen MR) is 90.7 cm³/mol. The lowest BCUT2D eigenvalue weighted by atomic mass is 10.1. The highest BCUT2D eigenvalue weighted by molar-refractivity contribution is 7.98. The normalized spacial score (nSPS) is 14.7. The molecule has 2 aromatic heterocycles. The Morgan fingerprint density at radius 1 is 1.35 bits per heavy atom. The molecular formula is C16H23N5OS. The molecule has 1 amide bonds. The van der Waals surface area contributed by atoms with Gasteiger partial charge in [0.15, 0.2) is 0 Å². The molecule has 0 bridgehead atoms. The third-order valence-corrected chi connectivity index (χ3v) is 4.86. The maximum absolute atomic E-state index is 12.8. The molecule has 0 aliphatic heterocycles. The first-order valence-corrected chi connectivity index (χ1v) is 9.22. The maximum Gasteiger partial charge on any atom is 0.253 e. The molecule has 0 N–H and O–H groups in total. The number of hydrogen-bond donors (Lipinski definition) is 0. The maximum atomic E-state index is 12.8. The first kappa shape index (κ1) is 16.2. The molecule has 0 unspecified atom stereocenters. The van der Waals surface area contributed by atoms with Crippen molar-refractivity contribution in [2.75, 3.05) is 6.26 Å². The minimum absolute atomic E-state index is 0.181. The molecule has 0 aromatic carbocycles. The van der Waals surface area contributed by atoms with Crippen LogP contribution in [0.4, 0.5) is 0 Å². The van der Waals surface area contributed by atoms with Crippen molar-refractivity contribution >= 4 is 23.4 Å². The van der Waals surface area contributed by atoms with Gasteiger partial charge >= 0.3 is 0 Å². The van der Waals surface area contributed by atoms with Crippen LogP contribution in [-0.2, 0) is 11.2 Å². The van der Waals surface area contributed by atoms with E-state index in [9.17, 15) is 4.79 Å². The van der Waals surface area contributed by atoms with Gasteiger partial charge in [-0.15, -0.1) is 5.10 Å². The second-order valence-electron chi connectivity index (χ2n) is 6.37. The zero-order valence-electron chi connectivity index (χ0n) is 14.3. The minimum Gasteiger partial charge on any atom is -0.337 e. The van der Waals surface area contributed by atoms with Crippen molar-refractivity contribution in [3.05, 3.63) is 17.0 Å². The van der Waals surface area contributed by atoms with Gasteiger partial charge in [0.05, 0.1) is 6.42 Å². The number of amides is 1. The average Bonchev–Trinajstić information content (AvgIpc) is 3.21.